The SMILES string of the molecule is CCC(C)N1COc2c(Cl)cc3c(C)cc(=O)oc3c2C1. The van der Waals surface area contributed by atoms with Gasteiger partial charge in [-0.2, -0.15) is 0 Å². The molecule has 1 aromatic carbocycles. The Bertz CT molecular complexity index is 753. The summed E-state index contributed by atoms with van der Waals surface area (Å²) in [6, 6.07) is 3.69. The van der Waals surface area contributed by atoms with Gasteiger partial charge in [0.05, 0.1) is 10.6 Å². The van der Waals surface area contributed by atoms with Crippen molar-refractivity contribution in [3.63, 3.8) is 0 Å². The van der Waals surface area contributed by atoms with Crippen LogP contribution in [0.2, 0.25) is 5.02 Å². The van der Waals surface area contributed by atoms with Crippen molar-refractivity contribution in [3.05, 3.63) is 38.7 Å². The zero-order chi connectivity index (χ0) is 15.1. The van der Waals surface area contributed by atoms with Crippen molar-refractivity contribution in [2.24, 2.45) is 0 Å². The third kappa shape index (κ3) is 2.43. The maximum absolute atomic E-state index is 11.7. The third-order valence-corrected chi connectivity index (χ3v) is 4.47. The molecular formula is C16H18ClNO3. The van der Waals surface area contributed by atoms with E-state index in [2.05, 4.69) is 18.7 Å². The highest BCUT2D eigenvalue weighted by atomic mass is 35.5. The van der Waals surface area contributed by atoms with Crippen LogP contribution in [0.3, 0.4) is 0 Å². The summed E-state index contributed by atoms with van der Waals surface area (Å²) in [6.07, 6.45) is 1.03. The molecule has 1 unspecified atom stereocenters. The smallest absolute Gasteiger partial charge is 0.336 e. The summed E-state index contributed by atoms with van der Waals surface area (Å²) < 4.78 is 11.2. The highest BCUT2D eigenvalue weighted by Crippen LogP contribution is 2.39. The van der Waals surface area contributed by atoms with Crippen molar-refractivity contribution < 1.29 is 9.15 Å². The zero-order valence-corrected chi connectivity index (χ0v) is 13.2. The summed E-state index contributed by atoms with van der Waals surface area (Å²) in [5.74, 6) is 0.637. The van der Waals surface area contributed by atoms with Crippen LogP contribution < -0.4 is 10.4 Å². The number of rotatable bonds is 2. The highest BCUT2D eigenvalue weighted by Gasteiger charge is 2.26. The first-order valence-corrected chi connectivity index (χ1v) is 7.51. The standard InChI is InChI=1S/C16H18ClNO3/c1-4-10(3)18-7-12-15-11(9(2)5-14(19)21-15)6-13(17)16(12)20-8-18/h5-6,10H,4,7-8H2,1-3H3. The van der Waals surface area contributed by atoms with Crippen molar-refractivity contribution in [2.45, 2.75) is 39.8 Å². The molecule has 0 radical (unpaired) electrons. The van der Waals surface area contributed by atoms with Crippen LogP contribution in [0, 0.1) is 6.92 Å². The number of fused-ring (bicyclic) bond motifs is 3. The first-order chi connectivity index (χ1) is 10.0. The molecule has 2 aromatic rings. The van der Waals surface area contributed by atoms with Crippen molar-refractivity contribution >= 4 is 22.6 Å². The molecule has 1 aromatic heterocycles. The predicted octanol–water partition coefficient (Wildman–Crippen LogP) is 3.71. The monoisotopic (exact) mass is 307 g/mol. The van der Waals surface area contributed by atoms with Crippen LogP contribution in [-0.4, -0.2) is 17.7 Å². The van der Waals surface area contributed by atoms with Crippen molar-refractivity contribution in [1.29, 1.82) is 0 Å². The van der Waals surface area contributed by atoms with Crippen molar-refractivity contribution in [2.75, 3.05) is 6.73 Å². The van der Waals surface area contributed by atoms with E-state index in [1.54, 1.807) is 0 Å². The Hall–Kier alpha value is -1.52. The Morgan fingerprint density at radius 3 is 2.90 bits per heavy atom. The summed E-state index contributed by atoms with van der Waals surface area (Å²) >= 11 is 6.33. The molecule has 0 aliphatic carbocycles. The molecule has 1 aliphatic rings. The second-order valence-corrected chi connectivity index (χ2v) is 5.98. The van der Waals surface area contributed by atoms with E-state index in [1.165, 1.54) is 6.07 Å². The fraction of sp³-hybridized carbons (Fsp3) is 0.438. The molecule has 0 bridgehead atoms. The zero-order valence-electron chi connectivity index (χ0n) is 12.4. The molecule has 5 heteroatoms. The molecule has 0 saturated heterocycles. The molecule has 0 amide bonds. The van der Waals surface area contributed by atoms with Crippen LogP contribution >= 0.6 is 11.6 Å². The van der Waals surface area contributed by atoms with Gasteiger partial charge in [0.15, 0.2) is 0 Å². The van der Waals surface area contributed by atoms with E-state index >= 15 is 0 Å². The Kier molecular flexibility index (Phi) is 3.68. The van der Waals surface area contributed by atoms with Gasteiger partial charge < -0.3 is 9.15 Å². The molecule has 4 nitrogen and oxygen atoms in total. The molecule has 0 fully saturated rings. The minimum absolute atomic E-state index is 0.342. The normalized spacial score (nSPS) is 16.6. The topological polar surface area (TPSA) is 42.7 Å². The van der Waals surface area contributed by atoms with E-state index in [0.717, 1.165) is 22.9 Å². The van der Waals surface area contributed by atoms with Crippen LogP contribution in [0.1, 0.15) is 31.4 Å². The second kappa shape index (κ2) is 5.35. The van der Waals surface area contributed by atoms with Gasteiger partial charge in [-0.1, -0.05) is 18.5 Å². The lowest BCUT2D eigenvalue weighted by molar-refractivity contribution is 0.0610. The molecule has 3 rings (SSSR count). The maximum atomic E-state index is 11.7. The minimum atomic E-state index is -0.342. The van der Waals surface area contributed by atoms with Crippen molar-refractivity contribution in [3.8, 4) is 5.75 Å². The highest BCUT2D eigenvalue weighted by molar-refractivity contribution is 6.33. The Morgan fingerprint density at radius 1 is 1.43 bits per heavy atom. The number of hydrogen-bond acceptors (Lipinski definition) is 4. The van der Waals surface area contributed by atoms with E-state index in [9.17, 15) is 4.79 Å². The van der Waals surface area contributed by atoms with Crippen molar-refractivity contribution in [1.82, 2.24) is 4.90 Å². The minimum Gasteiger partial charge on any atom is -0.476 e. The molecule has 1 atom stereocenters. The fourth-order valence-corrected chi connectivity index (χ4v) is 2.98. The number of nitrogens with zero attached hydrogens (tertiary/aromatic N) is 1. The molecule has 0 N–H and O–H groups in total. The largest absolute Gasteiger partial charge is 0.476 e. The lowest BCUT2D eigenvalue weighted by Crippen LogP contribution is -2.38. The van der Waals surface area contributed by atoms with Gasteiger partial charge in [-0.3, -0.25) is 4.90 Å². The van der Waals surface area contributed by atoms with E-state index in [4.69, 9.17) is 20.8 Å². The van der Waals surface area contributed by atoms with Gasteiger partial charge in [0.1, 0.15) is 18.1 Å². The van der Waals surface area contributed by atoms with E-state index in [-0.39, 0.29) is 5.63 Å². The molecule has 0 spiro atoms. The average Bonchev–Trinajstić information content (AvgIpc) is 2.47. The Labute approximate surface area is 128 Å². The van der Waals surface area contributed by atoms with Gasteiger partial charge in [0.25, 0.3) is 0 Å². The summed E-state index contributed by atoms with van der Waals surface area (Å²) in [6.45, 7) is 7.36. The average molecular weight is 308 g/mol. The van der Waals surface area contributed by atoms with Gasteiger partial charge in [-0.15, -0.1) is 0 Å². The number of hydrogen-bond donors (Lipinski definition) is 0. The van der Waals surface area contributed by atoms with Gasteiger partial charge in [0.2, 0.25) is 0 Å². The molecule has 21 heavy (non-hydrogen) atoms. The number of benzene rings is 1. The van der Waals surface area contributed by atoms with Crippen LogP contribution in [0.25, 0.3) is 11.0 Å². The summed E-state index contributed by atoms with van der Waals surface area (Å²) in [5, 5.41) is 1.44. The predicted molar refractivity (Wildman–Crippen MR) is 83.0 cm³/mol. The van der Waals surface area contributed by atoms with Crippen LogP contribution in [0.15, 0.2) is 21.3 Å². The summed E-state index contributed by atoms with van der Waals surface area (Å²) in [4.78, 5) is 13.9. The molecule has 112 valence electrons. The first kappa shape index (κ1) is 14.4. The molecule has 1 aliphatic heterocycles. The fourth-order valence-electron chi connectivity index (χ4n) is 2.70. The van der Waals surface area contributed by atoms with E-state index in [1.807, 2.05) is 13.0 Å². The van der Waals surface area contributed by atoms with E-state index < -0.39 is 0 Å². The lowest BCUT2D eigenvalue weighted by atomic mass is 10.0. The van der Waals surface area contributed by atoms with Gasteiger partial charge >= 0.3 is 5.63 Å². The molecule has 0 saturated carbocycles. The molecular weight excluding hydrogens is 290 g/mol. The Morgan fingerprint density at radius 2 is 2.19 bits per heavy atom. The van der Waals surface area contributed by atoms with Gasteiger partial charge in [0, 0.05) is 24.0 Å². The van der Waals surface area contributed by atoms with Gasteiger partial charge in [-0.05, 0) is 31.9 Å². The first-order valence-electron chi connectivity index (χ1n) is 7.14. The number of halogens is 1. The number of ether oxygens (including phenoxy) is 1. The lowest BCUT2D eigenvalue weighted by Gasteiger charge is -2.33. The van der Waals surface area contributed by atoms with Crippen LogP contribution in [-0.2, 0) is 6.54 Å². The van der Waals surface area contributed by atoms with Crippen LogP contribution in [0.4, 0.5) is 0 Å². The second-order valence-electron chi connectivity index (χ2n) is 5.57. The Balaban J connectivity index is 2.22. The third-order valence-electron chi connectivity index (χ3n) is 4.19. The van der Waals surface area contributed by atoms with Crippen LogP contribution in [0.5, 0.6) is 5.75 Å². The van der Waals surface area contributed by atoms with Gasteiger partial charge in [-0.25, -0.2) is 4.79 Å². The van der Waals surface area contributed by atoms with E-state index in [0.29, 0.717) is 35.7 Å². The number of aryl methyl sites for hydroxylation is 1. The molecule has 2 heterocycles. The maximum Gasteiger partial charge on any atom is 0.336 e. The summed E-state index contributed by atoms with van der Waals surface area (Å²) in [5.41, 5.74) is 1.98. The summed E-state index contributed by atoms with van der Waals surface area (Å²) in [7, 11) is 0. The quantitative estimate of drug-likeness (QED) is 0.793.